The molecule has 0 aliphatic heterocycles. The van der Waals surface area contributed by atoms with Crippen molar-refractivity contribution in [3.05, 3.63) is 48.0 Å². The molecule has 0 aromatic heterocycles. The Morgan fingerprint density at radius 3 is 2.38 bits per heavy atom. The van der Waals surface area contributed by atoms with E-state index in [1.54, 1.807) is 0 Å². The maximum atomic E-state index is 12.3. The predicted molar refractivity (Wildman–Crippen MR) is 88.1 cm³/mol. The van der Waals surface area contributed by atoms with E-state index in [1.165, 1.54) is 0 Å². The Hall–Kier alpha value is -1.41. The van der Waals surface area contributed by atoms with E-state index in [0.717, 1.165) is 5.56 Å². The van der Waals surface area contributed by atoms with E-state index in [4.69, 9.17) is 4.74 Å². The zero-order valence-corrected chi connectivity index (χ0v) is 13.9. The number of ether oxygens (including phenoxy) is 1. The minimum absolute atomic E-state index is 0.0758. The molecule has 1 aromatic carbocycles. The fourth-order valence-electron chi connectivity index (χ4n) is 2.09. The second-order valence-corrected chi connectivity index (χ2v) is 6.60. The average Bonchev–Trinajstić information content (AvgIpc) is 2.43. The summed E-state index contributed by atoms with van der Waals surface area (Å²) in [6, 6.07) is 10.1. The van der Waals surface area contributed by atoms with Crippen molar-refractivity contribution in [2.45, 2.75) is 53.8 Å². The van der Waals surface area contributed by atoms with Crippen molar-refractivity contribution in [3.8, 4) is 0 Å². The Morgan fingerprint density at radius 2 is 1.86 bits per heavy atom. The monoisotopic (exact) mass is 288 g/mol. The van der Waals surface area contributed by atoms with Crippen LogP contribution in [0.25, 0.3) is 0 Å². The highest BCUT2D eigenvalue weighted by molar-refractivity contribution is 5.84. The molecule has 21 heavy (non-hydrogen) atoms. The molecular formula is C19H28O2. The molecule has 0 spiro atoms. The molecule has 0 N–H and O–H groups in total. The summed E-state index contributed by atoms with van der Waals surface area (Å²) in [5.74, 6) is 0.474. The number of hydrogen-bond acceptors (Lipinski definition) is 2. The molecule has 0 bridgehead atoms. The molecule has 1 rings (SSSR count). The average molecular weight is 288 g/mol. The molecule has 2 nitrogen and oxygen atoms in total. The van der Waals surface area contributed by atoms with Gasteiger partial charge in [-0.1, -0.05) is 70.2 Å². The fraction of sp³-hybridized carbons (Fsp3) is 0.526. The Labute approximate surface area is 129 Å². The number of ketones is 1. The van der Waals surface area contributed by atoms with E-state index >= 15 is 0 Å². The molecule has 0 saturated carbocycles. The van der Waals surface area contributed by atoms with E-state index in [0.29, 0.717) is 13.0 Å². The zero-order chi connectivity index (χ0) is 15.9. The Bertz CT molecular complexity index is 454. The standard InChI is InChI=1S/C19H28O2/c1-6-10-15(2)17(13-18(20)19(3,4)5)21-14-16-11-8-7-9-12-16/h6-12,15,17H,13-14H2,1-5H3/b10-6+/t15-,17+/m0/s1. The molecular weight excluding hydrogens is 260 g/mol. The van der Waals surface area contributed by atoms with Crippen LogP contribution in [0.4, 0.5) is 0 Å². The molecule has 0 heterocycles. The van der Waals surface area contributed by atoms with Gasteiger partial charge < -0.3 is 4.74 Å². The lowest BCUT2D eigenvalue weighted by Crippen LogP contribution is -2.30. The zero-order valence-electron chi connectivity index (χ0n) is 13.9. The minimum atomic E-state index is -0.315. The molecule has 0 radical (unpaired) electrons. The Balaban J connectivity index is 2.71. The van der Waals surface area contributed by atoms with Crippen molar-refractivity contribution in [2.24, 2.45) is 11.3 Å². The number of allylic oxidation sites excluding steroid dienone is 1. The van der Waals surface area contributed by atoms with Gasteiger partial charge in [0.1, 0.15) is 5.78 Å². The van der Waals surface area contributed by atoms with E-state index in [-0.39, 0.29) is 23.2 Å². The molecule has 0 aliphatic carbocycles. The highest BCUT2D eigenvalue weighted by Crippen LogP contribution is 2.23. The summed E-state index contributed by atoms with van der Waals surface area (Å²) in [5, 5.41) is 0. The van der Waals surface area contributed by atoms with Crippen molar-refractivity contribution in [1.82, 2.24) is 0 Å². The first-order chi connectivity index (χ1) is 9.84. The summed E-state index contributed by atoms with van der Waals surface area (Å²) < 4.78 is 6.04. The third kappa shape index (κ3) is 6.26. The van der Waals surface area contributed by atoms with Gasteiger partial charge in [-0.2, -0.15) is 0 Å². The van der Waals surface area contributed by atoms with Gasteiger partial charge in [0.2, 0.25) is 0 Å². The van der Waals surface area contributed by atoms with Gasteiger partial charge in [0.25, 0.3) is 0 Å². The van der Waals surface area contributed by atoms with Crippen molar-refractivity contribution in [1.29, 1.82) is 0 Å². The topological polar surface area (TPSA) is 26.3 Å². The van der Waals surface area contributed by atoms with Crippen LogP contribution in [-0.2, 0) is 16.1 Å². The minimum Gasteiger partial charge on any atom is -0.372 e. The van der Waals surface area contributed by atoms with Gasteiger partial charge in [-0.05, 0) is 12.5 Å². The second-order valence-electron chi connectivity index (χ2n) is 6.60. The first-order valence-corrected chi connectivity index (χ1v) is 7.66. The van der Waals surface area contributed by atoms with Gasteiger partial charge in [0, 0.05) is 17.8 Å². The van der Waals surface area contributed by atoms with Gasteiger partial charge in [-0.15, -0.1) is 0 Å². The van der Waals surface area contributed by atoms with Crippen LogP contribution in [0.2, 0.25) is 0 Å². The summed E-state index contributed by atoms with van der Waals surface area (Å²) in [6.07, 6.45) is 4.51. The highest BCUT2D eigenvalue weighted by atomic mass is 16.5. The van der Waals surface area contributed by atoms with Gasteiger partial charge in [0.15, 0.2) is 0 Å². The summed E-state index contributed by atoms with van der Waals surface area (Å²) in [7, 11) is 0. The maximum Gasteiger partial charge on any atom is 0.140 e. The number of carbonyl (C=O) groups excluding carboxylic acids is 1. The van der Waals surface area contributed by atoms with Crippen LogP contribution in [0.1, 0.15) is 46.6 Å². The largest absolute Gasteiger partial charge is 0.372 e. The number of Topliss-reactive ketones (excluding diaryl/α,β-unsaturated/α-hetero) is 1. The van der Waals surface area contributed by atoms with Crippen LogP contribution in [0.5, 0.6) is 0 Å². The third-order valence-electron chi connectivity index (χ3n) is 3.61. The first-order valence-electron chi connectivity index (χ1n) is 7.66. The Kier molecular flexibility index (Phi) is 6.83. The summed E-state index contributed by atoms with van der Waals surface area (Å²) in [4.78, 5) is 12.3. The molecule has 0 amide bonds. The Morgan fingerprint density at radius 1 is 1.24 bits per heavy atom. The van der Waals surface area contributed by atoms with E-state index in [9.17, 15) is 4.79 Å². The molecule has 116 valence electrons. The lowest BCUT2D eigenvalue weighted by atomic mass is 9.85. The van der Waals surface area contributed by atoms with Gasteiger partial charge in [-0.3, -0.25) is 4.79 Å². The molecule has 0 fully saturated rings. The highest BCUT2D eigenvalue weighted by Gasteiger charge is 2.27. The van der Waals surface area contributed by atoms with Gasteiger partial charge in [0.05, 0.1) is 12.7 Å². The van der Waals surface area contributed by atoms with Crippen LogP contribution >= 0.6 is 0 Å². The summed E-state index contributed by atoms with van der Waals surface area (Å²) in [6.45, 7) is 10.5. The number of rotatable bonds is 7. The fourth-order valence-corrected chi connectivity index (χ4v) is 2.09. The maximum absolute atomic E-state index is 12.3. The normalized spacial score (nSPS) is 15.1. The second kappa shape index (κ2) is 8.14. The summed E-state index contributed by atoms with van der Waals surface area (Å²) >= 11 is 0. The van der Waals surface area contributed by atoms with Crippen molar-refractivity contribution >= 4 is 5.78 Å². The van der Waals surface area contributed by atoms with Crippen molar-refractivity contribution in [2.75, 3.05) is 0 Å². The quantitative estimate of drug-likeness (QED) is 0.674. The predicted octanol–water partition coefficient (Wildman–Crippen LogP) is 4.79. The number of carbonyl (C=O) groups is 1. The van der Waals surface area contributed by atoms with Crippen LogP contribution in [0.15, 0.2) is 42.5 Å². The van der Waals surface area contributed by atoms with E-state index in [2.05, 4.69) is 13.0 Å². The van der Waals surface area contributed by atoms with Crippen LogP contribution in [0.3, 0.4) is 0 Å². The molecule has 2 atom stereocenters. The van der Waals surface area contributed by atoms with E-state index in [1.807, 2.05) is 64.1 Å². The third-order valence-corrected chi connectivity index (χ3v) is 3.61. The molecule has 2 heteroatoms. The lowest BCUT2D eigenvalue weighted by molar-refractivity contribution is -0.130. The van der Waals surface area contributed by atoms with Crippen molar-refractivity contribution in [3.63, 3.8) is 0 Å². The first kappa shape index (κ1) is 17.6. The molecule has 0 aliphatic rings. The molecule has 0 saturated heterocycles. The van der Waals surface area contributed by atoms with Crippen LogP contribution in [-0.4, -0.2) is 11.9 Å². The number of benzene rings is 1. The van der Waals surface area contributed by atoms with Crippen LogP contribution in [0, 0.1) is 11.3 Å². The molecule has 1 aromatic rings. The molecule has 0 unspecified atom stereocenters. The van der Waals surface area contributed by atoms with E-state index < -0.39 is 0 Å². The SMILES string of the molecule is C/C=C/[C@H](C)[C@@H](CC(=O)C(C)(C)C)OCc1ccccc1. The van der Waals surface area contributed by atoms with Crippen molar-refractivity contribution < 1.29 is 9.53 Å². The lowest BCUT2D eigenvalue weighted by Gasteiger charge is -2.25. The smallest absolute Gasteiger partial charge is 0.140 e. The van der Waals surface area contributed by atoms with Gasteiger partial charge in [-0.25, -0.2) is 0 Å². The van der Waals surface area contributed by atoms with Gasteiger partial charge >= 0.3 is 0 Å². The number of hydrogen-bond donors (Lipinski definition) is 0. The van der Waals surface area contributed by atoms with Crippen LogP contribution < -0.4 is 0 Å². The summed E-state index contributed by atoms with van der Waals surface area (Å²) in [5.41, 5.74) is 0.822.